The molecule has 6 heteroatoms. The highest BCUT2D eigenvalue weighted by Crippen LogP contribution is 2.33. The zero-order valence-electron chi connectivity index (χ0n) is 11.0. The predicted octanol–water partition coefficient (Wildman–Crippen LogP) is 4.96. The van der Waals surface area contributed by atoms with Crippen LogP contribution in [0, 0.1) is 12.7 Å². The zero-order chi connectivity index (χ0) is 15.8. The molecule has 2 aromatic carbocycles. The molecule has 0 amide bonds. The molecule has 2 N–H and O–H groups in total. The van der Waals surface area contributed by atoms with E-state index in [-0.39, 0.29) is 5.56 Å². The summed E-state index contributed by atoms with van der Waals surface area (Å²) in [6.45, 7) is 1.53. The summed E-state index contributed by atoms with van der Waals surface area (Å²) in [6.07, 6.45) is -4.41. The number of hydrogen-bond donors (Lipinski definition) is 1. The van der Waals surface area contributed by atoms with Crippen LogP contribution in [0.1, 0.15) is 28.3 Å². The standard InChI is InChI=1S/C15H12BrF4N/c1-8-6-9(15(18,19)20)2-4-11(8)14(21)12-5-3-10(16)7-13(12)17/h2-7,14H,21H2,1H3. The summed E-state index contributed by atoms with van der Waals surface area (Å²) in [5.74, 6) is -0.504. The van der Waals surface area contributed by atoms with Gasteiger partial charge in [-0.3, -0.25) is 0 Å². The molecule has 0 spiro atoms. The molecule has 1 unspecified atom stereocenters. The second-order valence-electron chi connectivity index (χ2n) is 4.71. The Morgan fingerprint density at radius 2 is 1.67 bits per heavy atom. The van der Waals surface area contributed by atoms with Crippen LogP contribution in [0.4, 0.5) is 17.6 Å². The summed E-state index contributed by atoms with van der Waals surface area (Å²) in [7, 11) is 0. The Hall–Kier alpha value is -1.40. The molecule has 0 fully saturated rings. The number of nitrogens with two attached hydrogens (primary N) is 1. The van der Waals surface area contributed by atoms with Crippen molar-refractivity contribution in [2.24, 2.45) is 5.73 Å². The van der Waals surface area contributed by atoms with Crippen molar-refractivity contribution in [3.8, 4) is 0 Å². The van der Waals surface area contributed by atoms with Crippen LogP contribution < -0.4 is 5.73 Å². The molecule has 0 aliphatic rings. The minimum atomic E-state index is -4.41. The van der Waals surface area contributed by atoms with Crippen LogP contribution in [0.2, 0.25) is 0 Å². The molecular formula is C15H12BrF4N. The van der Waals surface area contributed by atoms with Gasteiger partial charge in [0, 0.05) is 10.0 Å². The van der Waals surface area contributed by atoms with Gasteiger partial charge in [0.1, 0.15) is 5.82 Å². The van der Waals surface area contributed by atoms with Gasteiger partial charge in [-0.05, 0) is 42.3 Å². The summed E-state index contributed by atoms with van der Waals surface area (Å²) in [5, 5.41) is 0. The average Bonchev–Trinajstić information content (AvgIpc) is 2.36. The van der Waals surface area contributed by atoms with E-state index < -0.39 is 23.6 Å². The van der Waals surface area contributed by atoms with Gasteiger partial charge >= 0.3 is 6.18 Å². The Kier molecular flexibility index (Phi) is 4.39. The monoisotopic (exact) mass is 361 g/mol. The summed E-state index contributed by atoms with van der Waals surface area (Å²) in [6, 6.07) is 6.88. The van der Waals surface area contributed by atoms with E-state index in [0.717, 1.165) is 12.1 Å². The second-order valence-corrected chi connectivity index (χ2v) is 5.63. The molecule has 0 saturated heterocycles. The Bertz CT molecular complexity index is 667. The lowest BCUT2D eigenvalue weighted by Gasteiger charge is -2.18. The predicted molar refractivity (Wildman–Crippen MR) is 76.3 cm³/mol. The van der Waals surface area contributed by atoms with E-state index >= 15 is 0 Å². The number of aryl methyl sites for hydroxylation is 1. The molecule has 2 rings (SSSR count). The summed E-state index contributed by atoms with van der Waals surface area (Å²) in [5.41, 5.74) is 6.32. The Morgan fingerprint density at radius 3 is 2.19 bits per heavy atom. The zero-order valence-corrected chi connectivity index (χ0v) is 12.6. The van der Waals surface area contributed by atoms with Gasteiger partial charge in [0.05, 0.1) is 11.6 Å². The second kappa shape index (κ2) is 5.77. The Balaban J connectivity index is 2.42. The van der Waals surface area contributed by atoms with Crippen LogP contribution in [0.3, 0.4) is 0 Å². The topological polar surface area (TPSA) is 26.0 Å². The molecule has 0 saturated carbocycles. The quantitative estimate of drug-likeness (QED) is 0.751. The highest BCUT2D eigenvalue weighted by atomic mass is 79.9. The normalized spacial score (nSPS) is 13.3. The van der Waals surface area contributed by atoms with Crippen LogP contribution in [0.25, 0.3) is 0 Å². The maximum absolute atomic E-state index is 13.9. The first-order valence-corrected chi connectivity index (χ1v) is 6.87. The number of benzene rings is 2. The summed E-state index contributed by atoms with van der Waals surface area (Å²) in [4.78, 5) is 0. The van der Waals surface area contributed by atoms with Crippen molar-refractivity contribution in [1.29, 1.82) is 0 Å². The fourth-order valence-electron chi connectivity index (χ4n) is 2.12. The van der Waals surface area contributed by atoms with Crippen molar-refractivity contribution < 1.29 is 17.6 Å². The molecule has 0 radical (unpaired) electrons. The molecule has 0 bridgehead atoms. The van der Waals surface area contributed by atoms with Gasteiger partial charge in [-0.2, -0.15) is 13.2 Å². The molecule has 2 aromatic rings. The fraction of sp³-hybridized carbons (Fsp3) is 0.200. The van der Waals surface area contributed by atoms with Crippen LogP contribution >= 0.6 is 15.9 Å². The van der Waals surface area contributed by atoms with Crippen molar-refractivity contribution in [3.63, 3.8) is 0 Å². The van der Waals surface area contributed by atoms with Crippen molar-refractivity contribution in [2.45, 2.75) is 19.1 Å². The number of halogens is 5. The minimum absolute atomic E-state index is 0.237. The van der Waals surface area contributed by atoms with Gasteiger partial charge in [-0.15, -0.1) is 0 Å². The third kappa shape index (κ3) is 3.44. The van der Waals surface area contributed by atoms with Gasteiger partial charge in [-0.1, -0.05) is 28.1 Å². The van der Waals surface area contributed by atoms with Crippen molar-refractivity contribution in [1.82, 2.24) is 0 Å². The van der Waals surface area contributed by atoms with E-state index in [1.165, 1.54) is 25.1 Å². The molecule has 1 nitrogen and oxygen atoms in total. The fourth-order valence-corrected chi connectivity index (χ4v) is 2.46. The first kappa shape index (κ1) is 16.0. The van der Waals surface area contributed by atoms with E-state index in [0.29, 0.717) is 15.6 Å². The summed E-state index contributed by atoms with van der Waals surface area (Å²) >= 11 is 3.14. The molecule has 21 heavy (non-hydrogen) atoms. The molecule has 0 aliphatic heterocycles. The van der Waals surface area contributed by atoms with Crippen LogP contribution in [0.5, 0.6) is 0 Å². The van der Waals surface area contributed by atoms with E-state index in [1.54, 1.807) is 6.07 Å². The van der Waals surface area contributed by atoms with Crippen LogP contribution in [-0.4, -0.2) is 0 Å². The van der Waals surface area contributed by atoms with Gasteiger partial charge in [0.15, 0.2) is 0 Å². The van der Waals surface area contributed by atoms with Crippen molar-refractivity contribution in [2.75, 3.05) is 0 Å². The molecule has 0 aliphatic carbocycles. The van der Waals surface area contributed by atoms with Crippen LogP contribution in [-0.2, 0) is 6.18 Å². The third-order valence-corrected chi connectivity index (χ3v) is 3.72. The van der Waals surface area contributed by atoms with E-state index in [9.17, 15) is 17.6 Å². The number of rotatable bonds is 2. The van der Waals surface area contributed by atoms with Crippen molar-refractivity contribution in [3.05, 3.63) is 68.9 Å². The maximum atomic E-state index is 13.9. The van der Waals surface area contributed by atoms with Gasteiger partial charge in [0.25, 0.3) is 0 Å². The van der Waals surface area contributed by atoms with Crippen molar-refractivity contribution >= 4 is 15.9 Å². The van der Waals surface area contributed by atoms with E-state index in [1.807, 2.05) is 0 Å². The highest BCUT2D eigenvalue weighted by Gasteiger charge is 2.31. The largest absolute Gasteiger partial charge is 0.416 e. The SMILES string of the molecule is Cc1cc(C(F)(F)F)ccc1C(N)c1ccc(Br)cc1F. The Labute approximate surface area is 127 Å². The lowest BCUT2D eigenvalue weighted by molar-refractivity contribution is -0.137. The summed E-state index contributed by atoms with van der Waals surface area (Å²) < 4.78 is 52.4. The third-order valence-electron chi connectivity index (χ3n) is 3.23. The first-order chi connectivity index (χ1) is 9.70. The van der Waals surface area contributed by atoms with E-state index in [2.05, 4.69) is 15.9 Å². The smallest absolute Gasteiger partial charge is 0.320 e. The molecule has 0 aromatic heterocycles. The number of alkyl halides is 3. The van der Waals surface area contributed by atoms with Gasteiger partial charge in [-0.25, -0.2) is 4.39 Å². The Morgan fingerprint density at radius 1 is 1.05 bits per heavy atom. The van der Waals surface area contributed by atoms with E-state index in [4.69, 9.17) is 5.73 Å². The van der Waals surface area contributed by atoms with Gasteiger partial charge < -0.3 is 5.73 Å². The molecular weight excluding hydrogens is 350 g/mol. The molecule has 112 valence electrons. The lowest BCUT2D eigenvalue weighted by atomic mass is 9.94. The first-order valence-electron chi connectivity index (χ1n) is 6.08. The highest BCUT2D eigenvalue weighted by molar-refractivity contribution is 9.10. The minimum Gasteiger partial charge on any atom is -0.320 e. The average molecular weight is 362 g/mol. The molecule has 1 atom stereocenters. The number of hydrogen-bond acceptors (Lipinski definition) is 1. The van der Waals surface area contributed by atoms with Crippen LogP contribution in [0.15, 0.2) is 40.9 Å². The lowest BCUT2D eigenvalue weighted by Crippen LogP contribution is -2.16. The molecule has 0 heterocycles. The van der Waals surface area contributed by atoms with Gasteiger partial charge in [0.2, 0.25) is 0 Å². The maximum Gasteiger partial charge on any atom is 0.416 e.